The van der Waals surface area contributed by atoms with Crippen LogP contribution in [0.5, 0.6) is 0 Å². The van der Waals surface area contributed by atoms with E-state index in [1.54, 1.807) is 0 Å². The van der Waals surface area contributed by atoms with Crippen molar-refractivity contribution in [3.05, 3.63) is 0 Å². The third-order valence-corrected chi connectivity index (χ3v) is 4.14. The zero-order chi connectivity index (χ0) is 8.48. The molecule has 0 bridgehead atoms. The number of rotatable bonds is 3. The van der Waals surface area contributed by atoms with Gasteiger partial charge in [0.05, 0.1) is 11.5 Å². The second kappa shape index (κ2) is 3.11. The summed E-state index contributed by atoms with van der Waals surface area (Å²) in [5, 5.41) is 3.05. The van der Waals surface area contributed by atoms with E-state index in [1.165, 1.54) is 0 Å². The largest absolute Gasteiger partial charge is 0.319 e. The molecule has 11 heavy (non-hydrogen) atoms. The molecule has 1 rings (SSSR count). The van der Waals surface area contributed by atoms with E-state index < -0.39 is 9.84 Å². The minimum Gasteiger partial charge on any atom is -0.319 e. The maximum Gasteiger partial charge on any atom is 0.150 e. The van der Waals surface area contributed by atoms with Gasteiger partial charge in [-0.1, -0.05) is 6.92 Å². The van der Waals surface area contributed by atoms with E-state index in [-0.39, 0.29) is 0 Å². The summed E-state index contributed by atoms with van der Waals surface area (Å²) in [7, 11) is -0.729. The van der Waals surface area contributed by atoms with Gasteiger partial charge in [-0.15, -0.1) is 0 Å². The lowest BCUT2D eigenvalue weighted by atomic mass is 9.97. The highest BCUT2D eigenvalue weighted by atomic mass is 32.2. The molecule has 1 heterocycles. The maximum atomic E-state index is 10.8. The average molecular weight is 177 g/mol. The van der Waals surface area contributed by atoms with Crippen molar-refractivity contribution in [3.8, 4) is 0 Å². The van der Waals surface area contributed by atoms with E-state index in [0.29, 0.717) is 23.3 Å². The highest BCUT2D eigenvalue weighted by Crippen LogP contribution is 2.25. The van der Waals surface area contributed by atoms with Crippen molar-refractivity contribution in [2.75, 3.05) is 25.1 Å². The Morgan fingerprint density at radius 1 is 1.55 bits per heavy atom. The Hall–Kier alpha value is -0.0900. The molecule has 1 saturated heterocycles. The predicted octanol–water partition coefficient (Wildman–Crippen LogP) is -0.113. The molecule has 1 fully saturated rings. The molecule has 4 heteroatoms. The van der Waals surface area contributed by atoms with E-state index in [0.717, 1.165) is 6.54 Å². The van der Waals surface area contributed by atoms with Gasteiger partial charge < -0.3 is 5.32 Å². The van der Waals surface area contributed by atoms with Crippen LogP contribution in [0.15, 0.2) is 0 Å². The van der Waals surface area contributed by atoms with Crippen LogP contribution in [0.2, 0.25) is 0 Å². The molecule has 1 N–H and O–H groups in total. The quantitative estimate of drug-likeness (QED) is 0.654. The fraction of sp³-hybridized carbons (Fsp3) is 1.00. The highest BCUT2D eigenvalue weighted by molar-refractivity contribution is 7.92. The van der Waals surface area contributed by atoms with Crippen molar-refractivity contribution in [2.24, 2.45) is 11.8 Å². The Morgan fingerprint density at radius 2 is 2.09 bits per heavy atom. The van der Waals surface area contributed by atoms with Crippen LogP contribution in [0.1, 0.15) is 6.92 Å². The van der Waals surface area contributed by atoms with Crippen LogP contribution in [0, 0.1) is 11.8 Å². The predicted molar refractivity (Wildman–Crippen MR) is 45.2 cm³/mol. The van der Waals surface area contributed by atoms with Crippen molar-refractivity contribution in [2.45, 2.75) is 6.92 Å². The van der Waals surface area contributed by atoms with E-state index in [1.807, 2.05) is 7.05 Å². The third-order valence-electron chi connectivity index (χ3n) is 2.27. The van der Waals surface area contributed by atoms with E-state index in [2.05, 4.69) is 12.2 Å². The Labute approximate surface area is 68.1 Å². The minimum atomic E-state index is -2.62. The van der Waals surface area contributed by atoms with Crippen molar-refractivity contribution < 1.29 is 8.42 Å². The minimum absolute atomic E-state index is 0.396. The van der Waals surface area contributed by atoms with Gasteiger partial charge in [0.1, 0.15) is 0 Å². The average Bonchev–Trinajstić information content (AvgIpc) is 1.83. The summed E-state index contributed by atoms with van der Waals surface area (Å²) in [6.45, 7) is 3.01. The van der Waals surface area contributed by atoms with Crippen molar-refractivity contribution in [1.82, 2.24) is 5.32 Å². The molecule has 1 aliphatic rings. The molecule has 1 unspecified atom stereocenters. The number of nitrogens with one attached hydrogen (secondary N) is 1. The second-order valence-corrected chi connectivity index (χ2v) is 5.53. The Morgan fingerprint density at radius 3 is 2.45 bits per heavy atom. The van der Waals surface area contributed by atoms with Crippen molar-refractivity contribution in [3.63, 3.8) is 0 Å². The van der Waals surface area contributed by atoms with E-state index in [4.69, 9.17) is 0 Å². The number of sulfone groups is 1. The SMILES string of the molecule is CNCC(C)C1CS(=O)(=O)C1. The normalized spacial score (nSPS) is 26.0. The molecule has 0 saturated carbocycles. The van der Waals surface area contributed by atoms with Crippen LogP contribution in [-0.2, 0) is 9.84 Å². The van der Waals surface area contributed by atoms with Gasteiger partial charge in [0.15, 0.2) is 9.84 Å². The smallest absolute Gasteiger partial charge is 0.150 e. The molecule has 0 aliphatic carbocycles. The van der Waals surface area contributed by atoms with Gasteiger partial charge in [0.25, 0.3) is 0 Å². The van der Waals surface area contributed by atoms with E-state index >= 15 is 0 Å². The summed E-state index contributed by atoms with van der Waals surface area (Å²) in [4.78, 5) is 0. The number of hydrogen-bond donors (Lipinski definition) is 1. The third kappa shape index (κ3) is 2.17. The fourth-order valence-electron chi connectivity index (χ4n) is 1.42. The zero-order valence-corrected chi connectivity index (χ0v) is 7.82. The summed E-state index contributed by atoms with van der Waals surface area (Å²) < 4.78 is 21.6. The molecule has 0 amide bonds. The lowest BCUT2D eigenvalue weighted by Gasteiger charge is -2.30. The highest BCUT2D eigenvalue weighted by Gasteiger charge is 2.36. The van der Waals surface area contributed by atoms with Gasteiger partial charge >= 0.3 is 0 Å². The van der Waals surface area contributed by atoms with Crippen LogP contribution in [0.4, 0.5) is 0 Å². The Kier molecular flexibility index (Phi) is 2.54. The van der Waals surface area contributed by atoms with E-state index in [9.17, 15) is 8.42 Å². The van der Waals surface area contributed by atoms with Crippen LogP contribution in [-0.4, -0.2) is 33.5 Å². The maximum absolute atomic E-state index is 10.8. The van der Waals surface area contributed by atoms with Gasteiger partial charge in [0, 0.05) is 0 Å². The molecule has 1 aliphatic heterocycles. The van der Waals surface area contributed by atoms with Gasteiger partial charge in [0.2, 0.25) is 0 Å². The second-order valence-electron chi connectivity index (χ2n) is 3.37. The lowest BCUT2D eigenvalue weighted by molar-refractivity contribution is 0.378. The zero-order valence-electron chi connectivity index (χ0n) is 7.00. The summed E-state index contributed by atoms with van der Waals surface area (Å²) in [6.07, 6.45) is 0. The molecule has 0 aromatic heterocycles. The molecule has 0 radical (unpaired) electrons. The van der Waals surface area contributed by atoms with Gasteiger partial charge in [-0.25, -0.2) is 8.42 Å². The first-order chi connectivity index (χ1) is 5.05. The Bertz CT molecular complexity index is 211. The first-order valence-electron chi connectivity index (χ1n) is 3.90. The lowest BCUT2D eigenvalue weighted by Crippen LogP contribution is -2.42. The molecular formula is C7H15NO2S. The van der Waals surface area contributed by atoms with Crippen molar-refractivity contribution >= 4 is 9.84 Å². The van der Waals surface area contributed by atoms with Crippen molar-refractivity contribution in [1.29, 1.82) is 0 Å². The summed E-state index contributed by atoms with van der Waals surface area (Å²) in [6, 6.07) is 0. The molecule has 1 atom stereocenters. The van der Waals surface area contributed by atoms with Gasteiger partial charge in [-0.05, 0) is 25.4 Å². The summed E-state index contributed by atoms with van der Waals surface area (Å²) in [5.74, 6) is 1.68. The van der Waals surface area contributed by atoms with Crippen LogP contribution in [0.25, 0.3) is 0 Å². The fourth-order valence-corrected chi connectivity index (χ4v) is 3.28. The molecule has 0 aromatic rings. The first kappa shape index (κ1) is 9.00. The summed E-state index contributed by atoms with van der Waals surface area (Å²) in [5.41, 5.74) is 0. The standard InChI is InChI=1S/C7H15NO2S/c1-6(3-8-2)7-4-11(9,10)5-7/h6-8H,3-5H2,1-2H3. The number of hydrogen-bond acceptors (Lipinski definition) is 3. The van der Waals surface area contributed by atoms with Gasteiger partial charge in [-0.3, -0.25) is 0 Å². The van der Waals surface area contributed by atoms with Gasteiger partial charge in [-0.2, -0.15) is 0 Å². The monoisotopic (exact) mass is 177 g/mol. The molecule has 0 spiro atoms. The molecule has 66 valence electrons. The molecular weight excluding hydrogens is 162 g/mol. The topological polar surface area (TPSA) is 46.2 Å². The summed E-state index contributed by atoms with van der Waals surface area (Å²) >= 11 is 0. The van der Waals surface area contributed by atoms with Crippen LogP contribution < -0.4 is 5.32 Å². The Balaban J connectivity index is 2.32. The van der Waals surface area contributed by atoms with Crippen LogP contribution >= 0.6 is 0 Å². The molecule has 0 aromatic carbocycles. The van der Waals surface area contributed by atoms with Crippen LogP contribution in [0.3, 0.4) is 0 Å². The molecule has 3 nitrogen and oxygen atoms in total. The first-order valence-corrected chi connectivity index (χ1v) is 5.72.